The number of carboxylic acids is 3. The predicted octanol–water partition coefficient (Wildman–Crippen LogP) is -2.67. The molecule has 4 atom stereocenters. The normalized spacial score (nSPS) is 14.3. The number of aliphatic carboxylic acids is 3. The van der Waals surface area contributed by atoms with Gasteiger partial charge in [-0.1, -0.05) is 0 Å². The topological polar surface area (TPSA) is 245 Å². The quantitative estimate of drug-likeness (QED) is 0.103. The minimum Gasteiger partial charge on any atom is -0.481 e. The lowest BCUT2D eigenvalue weighted by Gasteiger charge is -2.24. The van der Waals surface area contributed by atoms with Gasteiger partial charge in [0.1, 0.15) is 24.2 Å². The predicted molar refractivity (Wildman–Crippen MR) is 115 cm³/mol. The SMILES string of the molecule is CSCCC(NC(=O)C(CCC(=O)O)NC(=O)C(N)CO)C(=O)NC(CCC(=O)O)C(=O)O. The van der Waals surface area contributed by atoms with Crippen molar-refractivity contribution < 1.29 is 49.2 Å². The van der Waals surface area contributed by atoms with Crippen molar-refractivity contribution in [2.45, 2.75) is 56.3 Å². The molecule has 0 aromatic carbocycles. The summed E-state index contributed by atoms with van der Waals surface area (Å²) in [6.45, 7) is -0.717. The molecule has 0 aliphatic carbocycles. The van der Waals surface area contributed by atoms with Crippen molar-refractivity contribution in [3.8, 4) is 0 Å². The molecule has 0 heterocycles. The Hall–Kier alpha value is -2.91. The van der Waals surface area contributed by atoms with Crippen LogP contribution in [0.1, 0.15) is 32.1 Å². The molecule has 4 unspecified atom stereocenters. The van der Waals surface area contributed by atoms with E-state index in [1.54, 1.807) is 6.26 Å². The summed E-state index contributed by atoms with van der Waals surface area (Å²) in [7, 11) is 0. The molecule has 0 aliphatic rings. The Labute approximate surface area is 193 Å². The molecule has 0 aromatic heterocycles. The standard InChI is InChI=1S/C18H30N4O10S/c1-33-7-6-11(17(30)22-12(18(31)32)3-5-14(26)27)21-16(29)10(2-4-13(24)25)20-15(28)9(19)8-23/h9-12,23H,2-8,19H2,1H3,(H,20,28)(H,21,29)(H,22,30)(H,24,25)(H,26,27)(H,31,32). The highest BCUT2D eigenvalue weighted by Crippen LogP contribution is 2.06. The van der Waals surface area contributed by atoms with Crippen LogP contribution in [0.5, 0.6) is 0 Å². The van der Waals surface area contributed by atoms with Crippen molar-refractivity contribution in [3.05, 3.63) is 0 Å². The highest BCUT2D eigenvalue weighted by Gasteiger charge is 2.30. The summed E-state index contributed by atoms with van der Waals surface area (Å²) >= 11 is 1.34. The number of carbonyl (C=O) groups excluding carboxylic acids is 3. The van der Waals surface area contributed by atoms with Crippen LogP contribution in [0, 0.1) is 0 Å². The Morgan fingerprint density at radius 2 is 1.18 bits per heavy atom. The van der Waals surface area contributed by atoms with Crippen molar-refractivity contribution in [1.29, 1.82) is 0 Å². The summed E-state index contributed by atoms with van der Waals surface area (Å²) < 4.78 is 0. The van der Waals surface area contributed by atoms with Gasteiger partial charge in [-0.05, 0) is 31.3 Å². The molecule has 33 heavy (non-hydrogen) atoms. The van der Waals surface area contributed by atoms with E-state index in [4.69, 9.17) is 21.1 Å². The lowest BCUT2D eigenvalue weighted by molar-refractivity contribution is -0.143. The fourth-order valence-corrected chi connectivity index (χ4v) is 2.94. The molecule has 0 radical (unpaired) electrons. The third-order valence-corrected chi connectivity index (χ3v) is 4.96. The summed E-state index contributed by atoms with van der Waals surface area (Å²) in [6.07, 6.45) is 0.0853. The number of aliphatic hydroxyl groups is 1. The van der Waals surface area contributed by atoms with Crippen LogP contribution in [-0.2, 0) is 28.8 Å². The first kappa shape index (κ1) is 30.1. The van der Waals surface area contributed by atoms with Crippen LogP contribution in [0.2, 0.25) is 0 Å². The van der Waals surface area contributed by atoms with Crippen molar-refractivity contribution in [3.63, 3.8) is 0 Å². The molecule has 14 nitrogen and oxygen atoms in total. The fraction of sp³-hybridized carbons (Fsp3) is 0.667. The molecule has 0 fully saturated rings. The molecule has 0 bridgehead atoms. The van der Waals surface area contributed by atoms with Crippen LogP contribution < -0.4 is 21.7 Å². The second kappa shape index (κ2) is 15.8. The maximum absolute atomic E-state index is 12.7. The average molecular weight is 495 g/mol. The first-order valence-electron chi connectivity index (χ1n) is 9.85. The monoisotopic (exact) mass is 494 g/mol. The van der Waals surface area contributed by atoms with Crippen LogP contribution in [0.25, 0.3) is 0 Å². The van der Waals surface area contributed by atoms with Crippen molar-refractivity contribution in [2.75, 3.05) is 18.6 Å². The molecule has 0 spiro atoms. The van der Waals surface area contributed by atoms with Gasteiger partial charge in [0, 0.05) is 12.8 Å². The molecule has 0 saturated carbocycles. The average Bonchev–Trinajstić information content (AvgIpc) is 2.74. The van der Waals surface area contributed by atoms with Gasteiger partial charge < -0.3 is 42.1 Å². The zero-order valence-electron chi connectivity index (χ0n) is 18.0. The highest BCUT2D eigenvalue weighted by atomic mass is 32.2. The maximum Gasteiger partial charge on any atom is 0.326 e. The molecule has 0 rings (SSSR count). The molecular weight excluding hydrogens is 464 g/mol. The number of rotatable bonds is 17. The number of nitrogens with one attached hydrogen (secondary N) is 3. The Balaban J connectivity index is 5.46. The van der Waals surface area contributed by atoms with Gasteiger partial charge in [-0.25, -0.2) is 4.79 Å². The summed E-state index contributed by atoms with van der Waals surface area (Å²) in [5, 5.41) is 42.6. The van der Waals surface area contributed by atoms with Gasteiger partial charge in [0.2, 0.25) is 17.7 Å². The Kier molecular flexibility index (Phi) is 14.4. The van der Waals surface area contributed by atoms with Gasteiger partial charge >= 0.3 is 17.9 Å². The Morgan fingerprint density at radius 3 is 1.61 bits per heavy atom. The van der Waals surface area contributed by atoms with Crippen molar-refractivity contribution in [2.24, 2.45) is 5.73 Å². The largest absolute Gasteiger partial charge is 0.481 e. The lowest BCUT2D eigenvalue weighted by Crippen LogP contribution is -2.57. The third-order valence-electron chi connectivity index (χ3n) is 4.32. The van der Waals surface area contributed by atoms with Gasteiger partial charge in [-0.15, -0.1) is 0 Å². The molecule has 3 amide bonds. The Bertz CT molecular complexity index is 720. The maximum atomic E-state index is 12.7. The number of amides is 3. The van der Waals surface area contributed by atoms with E-state index in [9.17, 15) is 33.9 Å². The number of nitrogens with two attached hydrogens (primary N) is 1. The molecule has 0 saturated heterocycles. The van der Waals surface area contributed by atoms with E-state index in [0.717, 1.165) is 0 Å². The van der Waals surface area contributed by atoms with E-state index in [0.29, 0.717) is 5.75 Å². The fourth-order valence-electron chi connectivity index (χ4n) is 2.47. The number of carbonyl (C=O) groups is 6. The molecular formula is C18H30N4O10S. The van der Waals surface area contributed by atoms with Crippen LogP contribution in [0.4, 0.5) is 0 Å². The minimum atomic E-state index is -1.51. The number of hydrogen-bond donors (Lipinski definition) is 8. The van der Waals surface area contributed by atoms with Crippen LogP contribution in [-0.4, -0.2) is 98.8 Å². The lowest BCUT2D eigenvalue weighted by atomic mass is 10.1. The van der Waals surface area contributed by atoms with E-state index in [1.807, 2.05) is 0 Å². The van der Waals surface area contributed by atoms with Crippen molar-refractivity contribution >= 4 is 47.4 Å². The van der Waals surface area contributed by atoms with E-state index in [1.165, 1.54) is 11.8 Å². The zero-order chi connectivity index (χ0) is 25.6. The number of hydrogen-bond acceptors (Lipinski definition) is 9. The summed E-state index contributed by atoms with van der Waals surface area (Å²) in [4.78, 5) is 70.2. The van der Waals surface area contributed by atoms with E-state index in [2.05, 4.69) is 16.0 Å². The minimum absolute atomic E-state index is 0.0692. The van der Waals surface area contributed by atoms with Crippen LogP contribution in [0.3, 0.4) is 0 Å². The van der Waals surface area contributed by atoms with Crippen molar-refractivity contribution in [1.82, 2.24) is 16.0 Å². The summed E-state index contributed by atoms with van der Waals surface area (Å²) in [5.74, 6) is -6.27. The molecule has 0 aromatic rings. The molecule has 9 N–H and O–H groups in total. The van der Waals surface area contributed by atoms with Crippen LogP contribution >= 0.6 is 11.8 Å². The first-order chi connectivity index (χ1) is 15.4. The molecule has 15 heteroatoms. The molecule has 188 valence electrons. The number of carboxylic acid groups (broad SMARTS) is 3. The second-order valence-corrected chi connectivity index (χ2v) is 7.94. The highest BCUT2D eigenvalue weighted by molar-refractivity contribution is 7.98. The van der Waals surface area contributed by atoms with E-state index < -0.39 is 79.2 Å². The number of thioether (sulfide) groups is 1. The van der Waals surface area contributed by atoms with Gasteiger partial charge in [0.15, 0.2) is 0 Å². The first-order valence-corrected chi connectivity index (χ1v) is 11.2. The van der Waals surface area contributed by atoms with Gasteiger partial charge in [-0.3, -0.25) is 24.0 Å². The second-order valence-electron chi connectivity index (χ2n) is 6.96. The summed E-state index contributed by atoms with van der Waals surface area (Å²) in [5.41, 5.74) is 5.39. The van der Waals surface area contributed by atoms with E-state index in [-0.39, 0.29) is 19.3 Å². The van der Waals surface area contributed by atoms with Crippen LogP contribution in [0.15, 0.2) is 0 Å². The third kappa shape index (κ3) is 12.6. The smallest absolute Gasteiger partial charge is 0.326 e. The van der Waals surface area contributed by atoms with Gasteiger partial charge in [-0.2, -0.15) is 11.8 Å². The Morgan fingerprint density at radius 1 is 0.758 bits per heavy atom. The van der Waals surface area contributed by atoms with E-state index >= 15 is 0 Å². The number of aliphatic hydroxyl groups excluding tert-OH is 1. The van der Waals surface area contributed by atoms with Gasteiger partial charge in [0.25, 0.3) is 0 Å². The summed E-state index contributed by atoms with van der Waals surface area (Å²) in [6, 6.07) is -5.50. The molecule has 0 aliphatic heterocycles. The zero-order valence-corrected chi connectivity index (χ0v) is 18.8. The van der Waals surface area contributed by atoms with Gasteiger partial charge in [0.05, 0.1) is 6.61 Å².